The molecule has 1 aliphatic rings. The van der Waals surface area contributed by atoms with E-state index in [4.69, 9.17) is 9.84 Å². The molecule has 4 aromatic rings. The quantitative estimate of drug-likeness (QED) is 0.346. The lowest BCUT2D eigenvalue weighted by atomic mass is 10.0. The molecule has 202 valence electrons. The van der Waals surface area contributed by atoms with Gasteiger partial charge in [-0.2, -0.15) is 4.98 Å². The zero-order valence-corrected chi connectivity index (χ0v) is 20.4. The normalized spacial score (nSPS) is 18.3. The molecule has 0 saturated carbocycles. The average Bonchev–Trinajstić information content (AvgIpc) is 3.52. The molecule has 1 amide bonds. The molecule has 0 bridgehead atoms. The standard InChI is InChI=1S/C23H24F4N8O3/c1-12(20(24)25)35-16-9-13(3-4-15(16)30-32-35)14-5-8-34-19(14)21(38-2)29-22(31-34)28-17-6-7-33(18(37)10-36)11-23(17,26)27/h3-5,8-9,12,17,20,36H,6-7,10-11H2,1-2H3,(H,28,31)/t12-,17+/m0/s1. The van der Waals surface area contributed by atoms with Crippen molar-refractivity contribution >= 4 is 28.4 Å². The molecule has 3 aromatic heterocycles. The summed E-state index contributed by atoms with van der Waals surface area (Å²) in [5.74, 6) is -4.06. The molecule has 0 spiro atoms. The number of ether oxygens (including phenoxy) is 1. The molecule has 0 aliphatic carbocycles. The number of likely N-dealkylation sites (tertiary alicyclic amines) is 1. The Balaban J connectivity index is 1.47. The van der Waals surface area contributed by atoms with Crippen LogP contribution in [0.25, 0.3) is 27.7 Å². The number of aliphatic hydroxyl groups is 1. The van der Waals surface area contributed by atoms with Gasteiger partial charge in [0.05, 0.1) is 25.2 Å². The third-order valence-electron chi connectivity index (χ3n) is 6.60. The number of benzene rings is 1. The first kappa shape index (κ1) is 25.6. The zero-order valence-electron chi connectivity index (χ0n) is 20.4. The van der Waals surface area contributed by atoms with Gasteiger partial charge in [-0.15, -0.1) is 10.2 Å². The van der Waals surface area contributed by atoms with Gasteiger partial charge in [0.1, 0.15) is 23.7 Å². The van der Waals surface area contributed by atoms with E-state index in [0.717, 1.165) is 9.58 Å². The summed E-state index contributed by atoms with van der Waals surface area (Å²) in [6, 6.07) is 4.27. The van der Waals surface area contributed by atoms with Crippen molar-refractivity contribution in [3.63, 3.8) is 0 Å². The highest BCUT2D eigenvalue weighted by molar-refractivity contribution is 5.89. The van der Waals surface area contributed by atoms with Gasteiger partial charge in [0.15, 0.2) is 0 Å². The molecule has 4 heterocycles. The van der Waals surface area contributed by atoms with E-state index in [9.17, 15) is 22.4 Å². The summed E-state index contributed by atoms with van der Waals surface area (Å²) >= 11 is 0. The Kier molecular flexibility index (Phi) is 6.54. The number of carbonyl (C=O) groups excluding carboxylic acids is 1. The lowest BCUT2D eigenvalue weighted by Gasteiger charge is -2.38. The summed E-state index contributed by atoms with van der Waals surface area (Å²) in [5, 5.41) is 23.8. The van der Waals surface area contributed by atoms with Gasteiger partial charge in [-0.3, -0.25) is 4.79 Å². The molecule has 38 heavy (non-hydrogen) atoms. The van der Waals surface area contributed by atoms with Crippen LogP contribution in [0.15, 0.2) is 30.5 Å². The smallest absolute Gasteiger partial charge is 0.285 e. The molecule has 1 fully saturated rings. The Morgan fingerprint density at radius 3 is 2.79 bits per heavy atom. The number of rotatable bonds is 7. The van der Waals surface area contributed by atoms with Crippen LogP contribution in [0.5, 0.6) is 5.88 Å². The molecule has 2 N–H and O–H groups in total. The molecule has 1 aromatic carbocycles. The van der Waals surface area contributed by atoms with Crippen molar-refractivity contribution in [3.8, 4) is 17.0 Å². The second-order valence-corrected chi connectivity index (χ2v) is 9.00. The van der Waals surface area contributed by atoms with Gasteiger partial charge >= 0.3 is 0 Å². The van der Waals surface area contributed by atoms with Gasteiger partial charge in [0, 0.05) is 18.3 Å². The zero-order chi connectivity index (χ0) is 27.2. The number of amides is 1. The fourth-order valence-electron chi connectivity index (χ4n) is 4.53. The van der Waals surface area contributed by atoms with E-state index in [-0.39, 0.29) is 24.8 Å². The topological polar surface area (TPSA) is 123 Å². The predicted molar refractivity (Wildman–Crippen MR) is 127 cm³/mol. The van der Waals surface area contributed by atoms with Crippen molar-refractivity contribution in [3.05, 3.63) is 30.5 Å². The average molecular weight is 536 g/mol. The Labute approximate surface area is 213 Å². The van der Waals surface area contributed by atoms with Gasteiger partial charge in [0.25, 0.3) is 12.3 Å². The van der Waals surface area contributed by atoms with Crippen LogP contribution in [0.1, 0.15) is 19.4 Å². The third-order valence-corrected chi connectivity index (χ3v) is 6.60. The molecule has 5 rings (SSSR count). The lowest BCUT2D eigenvalue weighted by molar-refractivity contribution is -0.145. The van der Waals surface area contributed by atoms with Crippen molar-refractivity contribution in [2.75, 3.05) is 32.1 Å². The van der Waals surface area contributed by atoms with Crippen LogP contribution in [0.3, 0.4) is 0 Å². The van der Waals surface area contributed by atoms with E-state index in [1.807, 2.05) is 0 Å². The van der Waals surface area contributed by atoms with E-state index in [0.29, 0.717) is 27.7 Å². The van der Waals surface area contributed by atoms with Gasteiger partial charge in [-0.05, 0) is 37.1 Å². The fraction of sp³-hybridized carbons (Fsp3) is 0.435. The summed E-state index contributed by atoms with van der Waals surface area (Å²) in [6.07, 6.45) is -1.12. The number of hydrogen-bond acceptors (Lipinski definition) is 8. The Morgan fingerprint density at radius 1 is 1.32 bits per heavy atom. The fourth-order valence-corrected chi connectivity index (χ4v) is 4.53. The number of aromatic nitrogens is 6. The van der Waals surface area contributed by atoms with Crippen LogP contribution < -0.4 is 10.1 Å². The molecule has 0 radical (unpaired) electrons. The molecule has 1 saturated heterocycles. The Hall–Kier alpha value is -4.01. The van der Waals surface area contributed by atoms with Gasteiger partial charge in [-0.25, -0.2) is 26.8 Å². The highest BCUT2D eigenvalue weighted by Crippen LogP contribution is 2.35. The van der Waals surface area contributed by atoms with Gasteiger partial charge in [-0.1, -0.05) is 11.3 Å². The molecule has 1 aliphatic heterocycles. The summed E-state index contributed by atoms with van der Waals surface area (Å²) in [6.45, 7) is -0.284. The Morgan fingerprint density at radius 2 is 2.11 bits per heavy atom. The highest BCUT2D eigenvalue weighted by Gasteiger charge is 2.46. The molecule has 2 atom stereocenters. The number of nitrogens with one attached hydrogen (secondary N) is 1. The van der Waals surface area contributed by atoms with Crippen LogP contribution in [0.4, 0.5) is 23.5 Å². The van der Waals surface area contributed by atoms with Crippen LogP contribution in [0.2, 0.25) is 0 Å². The largest absolute Gasteiger partial charge is 0.479 e. The maximum absolute atomic E-state index is 14.8. The molecule has 0 unspecified atom stereocenters. The molecule has 15 heteroatoms. The lowest BCUT2D eigenvalue weighted by Crippen LogP contribution is -2.56. The minimum atomic E-state index is -3.29. The van der Waals surface area contributed by atoms with Gasteiger partial charge in [0.2, 0.25) is 17.7 Å². The maximum Gasteiger partial charge on any atom is 0.285 e. The first-order valence-electron chi connectivity index (χ1n) is 11.7. The summed E-state index contributed by atoms with van der Waals surface area (Å²) in [4.78, 5) is 16.8. The van der Waals surface area contributed by atoms with Crippen LogP contribution in [-0.2, 0) is 4.79 Å². The number of aliphatic hydroxyl groups excluding tert-OH is 1. The number of alkyl halides is 4. The van der Waals surface area contributed by atoms with E-state index in [2.05, 4.69) is 25.7 Å². The highest BCUT2D eigenvalue weighted by atomic mass is 19.3. The van der Waals surface area contributed by atoms with E-state index >= 15 is 0 Å². The van der Waals surface area contributed by atoms with Crippen molar-refractivity contribution < 1.29 is 32.2 Å². The van der Waals surface area contributed by atoms with E-state index in [1.54, 1.807) is 30.5 Å². The van der Waals surface area contributed by atoms with Crippen molar-refractivity contribution in [1.29, 1.82) is 0 Å². The van der Waals surface area contributed by atoms with Crippen molar-refractivity contribution in [2.24, 2.45) is 0 Å². The SMILES string of the molecule is COc1nc(N[C@@H]2CCN(C(=O)CO)CC2(F)F)nn2ccc(-c3ccc4nnn([C@@H](C)C(F)F)c4c3)c12. The molecule has 11 nitrogen and oxygen atoms in total. The number of fused-ring (bicyclic) bond motifs is 2. The first-order valence-corrected chi connectivity index (χ1v) is 11.7. The summed E-state index contributed by atoms with van der Waals surface area (Å²) in [5.41, 5.74) is 2.57. The van der Waals surface area contributed by atoms with E-state index in [1.165, 1.54) is 18.5 Å². The second kappa shape index (κ2) is 9.70. The predicted octanol–water partition coefficient (Wildman–Crippen LogP) is 2.62. The minimum absolute atomic E-state index is 0.0395. The van der Waals surface area contributed by atoms with Crippen LogP contribution >= 0.6 is 0 Å². The van der Waals surface area contributed by atoms with Gasteiger partial charge < -0.3 is 20.1 Å². The molecular formula is C23H24F4N8O3. The minimum Gasteiger partial charge on any atom is -0.479 e. The van der Waals surface area contributed by atoms with E-state index < -0.39 is 43.5 Å². The first-order chi connectivity index (χ1) is 18.1. The second-order valence-electron chi connectivity index (χ2n) is 9.00. The van der Waals surface area contributed by atoms with Crippen molar-refractivity contribution in [1.82, 2.24) is 34.5 Å². The maximum atomic E-state index is 14.8. The number of nitrogens with zero attached hydrogens (tertiary/aromatic N) is 7. The number of methoxy groups -OCH3 is 1. The number of hydrogen-bond donors (Lipinski definition) is 2. The van der Waals surface area contributed by atoms with Crippen LogP contribution in [0, 0.1) is 0 Å². The monoisotopic (exact) mass is 536 g/mol. The van der Waals surface area contributed by atoms with Crippen LogP contribution in [-0.4, -0.2) is 90.7 Å². The molecular weight excluding hydrogens is 512 g/mol. The number of anilines is 1. The number of halogens is 4. The Bertz CT molecular complexity index is 1490. The number of piperidine rings is 1. The summed E-state index contributed by atoms with van der Waals surface area (Å²) in [7, 11) is 1.38. The summed E-state index contributed by atoms with van der Waals surface area (Å²) < 4.78 is 64.2. The van der Waals surface area contributed by atoms with Crippen molar-refractivity contribution in [2.45, 2.75) is 37.8 Å². The third kappa shape index (κ3) is 4.46. The number of carbonyl (C=O) groups is 1.